The highest BCUT2D eigenvalue weighted by atomic mass is 32.2. The van der Waals surface area contributed by atoms with Gasteiger partial charge in [0, 0.05) is 21.7 Å². The Morgan fingerprint density at radius 2 is 1.62 bits per heavy atom. The van der Waals surface area contributed by atoms with E-state index in [-0.39, 0.29) is 63.5 Å². The van der Waals surface area contributed by atoms with Crippen LogP contribution in [0.3, 0.4) is 0 Å². The molecule has 0 spiro atoms. The predicted octanol–water partition coefficient (Wildman–Crippen LogP) is 6.97. The number of amides is 3. The van der Waals surface area contributed by atoms with Crippen LogP contribution in [0.2, 0.25) is 0 Å². The number of halogens is 1. The Morgan fingerprint density at radius 3 is 2.29 bits per heavy atom. The van der Waals surface area contributed by atoms with Crippen LogP contribution in [0.25, 0.3) is 0 Å². The number of thiazole rings is 1. The number of nitrogens with zero attached hydrogens (tertiary/aromatic N) is 2. The van der Waals surface area contributed by atoms with E-state index < -0.39 is 17.7 Å². The highest BCUT2D eigenvalue weighted by Crippen LogP contribution is 2.69. The lowest BCUT2D eigenvalue weighted by molar-refractivity contribution is -0.123. The van der Waals surface area contributed by atoms with Crippen LogP contribution in [0, 0.1) is 42.3 Å². The highest BCUT2D eigenvalue weighted by Gasteiger charge is 2.69. The molecule has 7 atom stereocenters. The quantitative estimate of drug-likeness (QED) is 0.230. The molecule has 7 nitrogen and oxygen atoms in total. The minimum absolute atomic E-state index is 0.0129. The van der Waals surface area contributed by atoms with Crippen LogP contribution < -0.4 is 15.1 Å². The summed E-state index contributed by atoms with van der Waals surface area (Å²) in [4.78, 5) is 57.0. The molecule has 2 saturated carbocycles. The highest BCUT2D eigenvalue weighted by molar-refractivity contribution is 8.00. The van der Waals surface area contributed by atoms with Crippen LogP contribution in [0.1, 0.15) is 54.7 Å². The average molecular weight is 682 g/mol. The molecule has 10 heteroatoms. The van der Waals surface area contributed by atoms with Crippen LogP contribution in [0.15, 0.2) is 82.6 Å². The summed E-state index contributed by atoms with van der Waals surface area (Å²) in [5.41, 5.74) is 4.34. The van der Waals surface area contributed by atoms with Crippen LogP contribution in [0.5, 0.6) is 0 Å². The lowest BCUT2D eigenvalue weighted by Crippen LogP contribution is -2.43. The third kappa shape index (κ3) is 4.90. The number of fused-ring (bicyclic) bond motifs is 9. The second-order valence-corrected chi connectivity index (χ2v) is 16.8. The number of aryl methyl sites for hydroxylation is 1. The van der Waals surface area contributed by atoms with E-state index in [2.05, 4.69) is 50.4 Å². The Labute approximate surface area is 286 Å². The van der Waals surface area contributed by atoms with Gasteiger partial charge < -0.3 is 5.32 Å². The fraction of sp³-hybridized carbons (Fsp3) is 0.368. The molecule has 3 amide bonds. The molecule has 7 unspecified atom stereocenters. The maximum absolute atomic E-state index is 14.1. The van der Waals surface area contributed by atoms with Gasteiger partial charge in [0.15, 0.2) is 0 Å². The van der Waals surface area contributed by atoms with Crippen molar-refractivity contribution in [3.63, 3.8) is 0 Å². The second kappa shape index (κ2) is 11.3. The molecule has 3 fully saturated rings. The van der Waals surface area contributed by atoms with Crippen molar-refractivity contribution in [3.05, 3.63) is 110 Å². The molecule has 3 aromatic carbocycles. The van der Waals surface area contributed by atoms with Gasteiger partial charge in [-0.25, -0.2) is 4.39 Å². The molecule has 1 aromatic heterocycles. The van der Waals surface area contributed by atoms with Crippen molar-refractivity contribution in [2.24, 2.45) is 29.6 Å². The molecule has 3 heterocycles. The van der Waals surface area contributed by atoms with E-state index in [1.54, 1.807) is 16.3 Å². The number of anilines is 2. The first-order valence-electron chi connectivity index (χ1n) is 16.4. The third-order valence-corrected chi connectivity index (χ3v) is 13.6. The number of nitrogens with one attached hydrogen (secondary N) is 1. The van der Waals surface area contributed by atoms with Crippen molar-refractivity contribution in [1.29, 1.82) is 0 Å². The number of imide groups is 1. The van der Waals surface area contributed by atoms with Crippen LogP contribution in [0.4, 0.5) is 15.8 Å². The molecule has 1 N–H and O–H groups in total. The molecule has 4 aromatic rings. The van der Waals surface area contributed by atoms with Crippen molar-refractivity contribution < 1.29 is 18.8 Å². The third-order valence-electron chi connectivity index (χ3n) is 10.8. The van der Waals surface area contributed by atoms with E-state index in [1.807, 2.05) is 31.2 Å². The number of aromatic nitrogens is 1. The Hall–Kier alpha value is -4.02. The fourth-order valence-electron chi connectivity index (χ4n) is 8.73. The Morgan fingerprint density at radius 1 is 0.938 bits per heavy atom. The lowest BCUT2D eigenvalue weighted by atomic mass is 9.68. The summed E-state index contributed by atoms with van der Waals surface area (Å²) >= 11 is 2.80. The minimum atomic E-state index is -0.463. The van der Waals surface area contributed by atoms with E-state index in [1.165, 1.54) is 46.1 Å². The number of carbonyl (C=O) groups is 3. The SMILES string of the molecule is Cc1cccc(NC(=O)Cn2c3c(sc2=O)C(c2ccc(C(C)(C)C)cc2)C2C4CC(C2S3)C2C(=O)N(c3ccc(F)cc3)C(=O)C42)c1. The molecule has 2 aliphatic heterocycles. The van der Waals surface area contributed by atoms with Crippen LogP contribution >= 0.6 is 23.1 Å². The zero-order valence-electron chi connectivity index (χ0n) is 27.1. The molecule has 1 saturated heterocycles. The summed E-state index contributed by atoms with van der Waals surface area (Å²) in [7, 11) is 0. The average Bonchev–Trinajstić information content (AvgIpc) is 3.76. The van der Waals surface area contributed by atoms with Crippen molar-refractivity contribution in [2.45, 2.75) is 62.3 Å². The number of carbonyl (C=O) groups excluding carboxylic acids is 3. The number of rotatable bonds is 5. The van der Waals surface area contributed by atoms with E-state index in [0.29, 0.717) is 11.4 Å². The zero-order chi connectivity index (χ0) is 33.6. The van der Waals surface area contributed by atoms with Gasteiger partial charge in [0.1, 0.15) is 12.4 Å². The van der Waals surface area contributed by atoms with Gasteiger partial charge in [0.05, 0.1) is 22.5 Å². The number of hydrogen-bond donors (Lipinski definition) is 1. The largest absolute Gasteiger partial charge is 0.325 e. The summed E-state index contributed by atoms with van der Waals surface area (Å²) in [6.07, 6.45) is 0.760. The maximum Gasteiger partial charge on any atom is 0.308 e. The molecule has 0 radical (unpaired) electrons. The standard InChI is InChI=1S/C38H36FN3O4S2/c1-19-6-5-7-23(16-19)40-27(43)18-41-36-33(48-37(41)46)28(20-8-10-21(11-9-20)38(2,3)4)29-25-17-26(32(29)47-36)31-30(25)34(44)42(35(31)45)24-14-12-22(39)13-15-24/h5-16,25-26,28-32H,17-18H2,1-4H3,(H,40,43). The lowest BCUT2D eigenvalue weighted by Gasteiger charge is -2.43. The maximum atomic E-state index is 14.1. The first-order valence-corrected chi connectivity index (χ1v) is 18.1. The predicted molar refractivity (Wildman–Crippen MR) is 186 cm³/mol. The topological polar surface area (TPSA) is 88.5 Å². The minimum Gasteiger partial charge on any atom is -0.325 e. The van der Waals surface area contributed by atoms with E-state index >= 15 is 0 Å². The molecule has 48 heavy (non-hydrogen) atoms. The Bertz CT molecular complexity index is 2030. The van der Waals surface area contributed by atoms with E-state index in [0.717, 1.165) is 27.5 Å². The van der Waals surface area contributed by atoms with Gasteiger partial charge in [-0.1, -0.05) is 68.5 Å². The monoisotopic (exact) mass is 681 g/mol. The van der Waals surface area contributed by atoms with E-state index in [9.17, 15) is 23.6 Å². The van der Waals surface area contributed by atoms with Crippen molar-refractivity contribution in [2.75, 3.05) is 10.2 Å². The summed E-state index contributed by atoms with van der Waals surface area (Å²) < 4.78 is 15.3. The fourth-order valence-corrected chi connectivity index (χ4v) is 11.9. The van der Waals surface area contributed by atoms with Crippen molar-refractivity contribution >= 4 is 52.2 Å². The number of hydrogen-bond acceptors (Lipinski definition) is 6. The van der Waals surface area contributed by atoms with Gasteiger partial charge in [0.25, 0.3) is 0 Å². The molecular weight excluding hydrogens is 646 g/mol. The van der Waals surface area contributed by atoms with Crippen molar-refractivity contribution in [1.82, 2.24) is 4.57 Å². The molecule has 8 rings (SSSR count). The second-order valence-electron chi connectivity index (χ2n) is 14.7. The van der Waals surface area contributed by atoms with Gasteiger partial charge >= 0.3 is 4.87 Å². The Kier molecular flexibility index (Phi) is 7.34. The van der Waals surface area contributed by atoms with Crippen LogP contribution in [-0.2, 0) is 26.3 Å². The van der Waals surface area contributed by atoms with Gasteiger partial charge in [-0.15, -0.1) is 11.8 Å². The van der Waals surface area contributed by atoms with Gasteiger partial charge in [-0.05, 0) is 89.6 Å². The summed E-state index contributed by atoms with van der Waals surface area (Å²) in [5.74, 6) is -2.28. The molecular formula is C38H36FN3O4S2. The summed E-state index contributed by atoms with van der Waals surface area (Å²) in [6, 6.07) is 21.7. The Balaban J connectivity index is 1.19. The number of thioether (sulfide) groups is 1. The smallest absolute Gasteiger partial charge is 0.308 e. The van der Waals surface area contributed by atoms with Gasteiger partial charge in [0.2, 0.25) is 17.7 Å². The first-order chi connectivity index (χ1) is 22.9. The summed E-state index contributed by atoms with van der Waals surface area (Å²) in [6.45, 7) is 8.36. The molecule has 2 bridgehead atoms. The molecule has 246 valence electrons. The number of benzene rings is 3. The van der Waals surface area contributed by atoms with Gasteiger partial charge in [-0.3, -0.25) is 28.6 Å². The first kappa shape index (κ1) is 31.3. The summed E-state index contributed by atoms with van der Waals surface area (Å²) in [5, 5.41) is 3.71. The zero-order valence-corrected chi connectivity index (χ0v) is 28.7. The van der Waals surface area contributed by atoms with Gasteiger partial charge in [-0.2, -0.15) is 0 Å². The molecule has 2 aliphatic carbocycles. The molecule has 4 aliphatic rings. The van der Waals surface area contributed by atoms with Crippen LogP contribution in [-0.4, -0.2) is 27.5 Å². The van der Waals surface area contributed by atoms with Crippen molar-refractivity contribution in [3.8, 4) is 0 Å². The normalized spacial score (nSPS) is 27.2. The van der Waals surface area contributed by atoms with E-state index in [4.69, 9.17) is 0 Å².